The first-order valence-electron chi connectivity index (χ1n) is 8.78. The van der Waals surface area contributed by atoms with Gasteiger partial charge in [0.1, 0.15) is 11.2 Å². The summed E-state index contributed by atoms with van der Waals surface area (Å²) in [5.41, 5.74) is 5.88. The Labute approximate surface area is 146 Å². The smallest absolute Gasteiger partial charge is 0.145 e. The molecule has 0 N–H and O–H groups in total. The second-order valence-electron chi connectivity index (χ2n) is 7.98. The Kier molecular flexibility index (Phi) is 2.72. The lowest BCUT2D eigenvalue weighted by atomic mass is 9.86. The van der Waals surface area contributed by atoms with Crippen LogP contribution in [0, 0.1) is 0 Å². The maximum atomic E-state index is 6.30. The number of nitrogens with zero attached hydrogens (tertiary/aromatic N) is 1. The van der Waals surface area contributed by atoms with Crippen molar-refractivity contribution in [2.45, 2.75) is 26.2 Å². The molecule has 2 aromatic heterocycles. The number of fused-ring (bicyclic) bond motifs is 7. The zero-order valence-corrected chi connectivity index (χ0v) is 15.1. The van der Waals surface area contributed by atoms with Crippen molar-refractivity contribution in [3.63, 3.8) is 0 Å². The average molecular weight is 327 g/mol. The number of rotatable bonds is 0. The fourth-order valence-electron chi connectivity index (χ4n) is 3.94. The van der Waals surface area contributed by atoms with Gasteiger partial charge in [-0.1, -0.05) is 45.0 Å². The van der Waals surface area contributed by atoms with Crippen LogP contribution in [0.5, 0.6) is 0 Å². The van der Waals surface area contributed by atoms with Crippen LogP contribution < -0.4 is 0 Å². The third-order valence-electron chi connectivity index (χ3n) is 5.38. The molecular formula is C23H21NO. The van der Waals surface area contributed by atoms with E-state index in [2.05, 4.69) is 74.9 Å². The highest BCUT2D eigenvalue weighted by Crippen LogP contribution is 2.39. The van der Waals surface area contributed by atoms with Crippen LogP contribution >= 0.6 is 0 Å². The predicted octanol–water partition coefficient (Wildman–Crippen LogP) is 6.53. The molecule has 2 heterocycles. The molecule has 5 rings (SSSR count). The second-order valence-corrected chi connectivity index (χ2v) is 7.98. The van der Waals surface area contributed by atoms with Gasteiger partial charge in [0, 0.05) is 28.7 Å². The van der Waals surface area contributed by atoms with Crippen molar-refractivity contribution in [2.24, 2.45) is 7.05 Å². The van der Waals surface area contributed by atoms with Gasteiger partial charge in [0.15, 0.2) is 0 Å². The standard InChI is InChI=1S/C23H21NO/c1-23(2,3)14-9-11-18-17(13-14)21-19(24(18)4)12-10-16-15-7-5-6-8-20(15)25-22(16)21/h5-13H,1-4H3. The Morgan fingerprint density at radius 1 is 0.800 bits per heavy atom. The minimum absolute atomic E-state index is 0.123. The van der Waals surface area contributed by atoms with E-state index in [1.807, 2.05) is 12.1 Å². The third kappa shape index (κ3) is 1.91. The average Bonchev–Trinajstić information content (AvgIpc) is 3.10. The highest BCUT2D eigenvalue weighted by Gasteiger charge is 2.19. The van der Waals surface area contributed by atoms with Crippen molar-refractivity contribution in [2.75, 3.05) is 0 Å². The highest BCUT2D eigenvalue weighted by atomic mass is 16.3. The van der Waals surface area contributed by atoms with Gasteiger partial charge in [0.2, 0.25) is 0 Å². The summed E-state index contributed by atoms with van der Waals surface area (Å²) in [6.07, 6.45) is 0. The van der Waals surface area contributed by atoms with Gasteiger partial charge in [0.25, 0.3) is 0 Å². The van der Waals surface area contributed by atoms with E-state index in [9.17, 15) is 0 Å². The van der Waals surface area contributed by atoms with Crippen molar-refractivity contribution >= 4 is 43.7 Å². The normalized spacial score (nSPS) is 12.8. The van der Waals surface area contributed by atoms with Crippen LogP contribution in [0.1, 0.15) is 26.3 Å². The van der Waals surface area contributed by atoms with Crippen LogP contribution in [0.2, 0.25) is 0 Å². The Bertz CT molecular complexity index is 1280. The van der Waals surface area contributed by atoms with E-state index >= 15 is 0 Å². The molecule has 0 radical (unpaired) electrons. The first kappa shape index (κ1) is 14.6. The number of furan rings is 1. The lowest BCUT2D eigenvalue weighted by molar-refractivity contribution is 0.591. The maximum absolute atomic E-state index is 6.30. The van der Waals surface area contributed by atoms with Crippen LogP contribution in [0.4, 0.5) is 0 Å². The summed E-state index contributed by atoms with van der Waals surface area (Å²) in [5.74, 6) is 0. The first-order valence-corrected chi connectivity index (χ1v) is 8.78. The van der Waals surface area contributed by atoms with Crippen LogP contribution in [0.25, 0.3) is 43.7 Å². The highest BCUT2D eigenvalue weighted by molar-refractivity contribution is 6.23. The van der Waals surface area contributed by atoms with Crippen LogP contribution in [-0.2, 0) is 12.5 Å². The van der Waals surface area contributed by atoms with Gasteiger partial charge in [0.05, 0.1) is 10.9 Å². The number of benzene rings is 3. The quantitative estimate of drug-likeness (QED) is 0.316. The van der Waals surface area contributed by atoms with Crippen molar-refractivity contribution in [3.05, 3.63) is 60.2 Å². The van der Waals surface area contributed by atoms with Gasteiger partial charge in [-0.2, -0.15) is 0 Å². The zero-order valence-electron chi connectivity index (χ0n) is 15.1. The molecule has 0 spiro atoms. The summed E-state index contributed by atoms with van der Waals surface area (Å²) in [5, 5.41) is 4.87. The van der Waals surface area contributed by atoms with Gasteiger partial charge >= 0.3 is 0 Å². The molecule has 0 fully saturated rings. The molecule has 2 nitrogen and oxygen atoms in total. The Morgan fingerprint density at radius 2 is 1.56 bits per heavy atom. The number of aromatic nitrogens is 1. The second kappa shape index (κ2) is 4.66. The minimum atomic E-state index is 0.123. The van der Waals surface area contributed by atoms with E-state index in [0.29, 0.717) is 0 Å². The maximum Gasteiger partial charge on any atom is 0.145 e. The largest absolute Gasteiger partial charge is 0.455 e. The summed E-state index contributed by atoms with van der Waals surface area (Å²) in [6.45, 7) is 6.78. The molecule has 0 bridgehead atoms. The molecule has 0 aliphatic rings. The topological polar surface area (TPSA) is 18.1 Å². The molecule has 0 saturated heterocycles. The molecule has 0 aliphatic carbocycles. The van der Waals surface area contributed by atoms with Crippen LogP contribution in [0.3, 0.4) is 0 Å². The molecule has 0 aliphatic heterocycles. The SMILES string of the molecule is Cn1c2ccc(C(C)(C)C)cc2c2c3oc4ccccc4c3ccc21. The van der Waals surface area contributed by atoms with Gasteiger partial charge in [-0.25, -0.2) is 0 Å². The fraction of sp³-hybridized carbons (Fsp3) is 0.217. The van der Waals surface area contributed by atoms with Crippen LogP contribution in [-0.4, -0.2) is 4.57 Å². The fourth-order valence-corrected chi connectivity index (χ4v) is 3.94. The van der Waals surface area contributed by atoms with E-state index in [0.717, 1.165) is 11.2 Å². The lowest BCUT2D eigenvalue weighted by Crippen LogP contribution is -2.10. The van der Waals surface area contributed by atoms with E-state index in [4.69, 9.17) is 4.42 Å². The van der Waals surface area contributed by atoms with Crippen molar-refractivity contribution in [1.29, 1.82) is 0 Å². The number of hydrogen-bond donors (Lipinski definition) is 0. The molecule has 25 heavy (non-hydrogen) atoms. The van der Waals surface area contributed by atoms with Gasteiger partial charge in [-0.15, -0.1) is 0 Å². The van der Waals surface area contributed by atoms with E-state index < -0.39 is 0 Å². The Balaban J connectivity index is 2.03. The molecule has 0 atom stereocenters. The number of para-hydroxylation sites is 1. The van der Waals surface area contributed by atoms with Gasteiger partial charge in [-0.05, 0) is 41.3 Å². The molecule has 5 aromatic rings. The number of aryl methyl sites for hydroxylation is 1. The summed E-state index contributed by atoms with van der Waals surface area (Å²) in [7, 11) is 2.13. The van der Waals surface area contributed by atoms with Gasteiger partial charge in [-0.3, -0.25) is 0 Å². The molecule has 2 heteroatoms. The van der Waals surface area contributed by atoms with E-state index in [1.165, 1.54) is 38.1 Å². The summed E-state index contributed by atoms with van der Waals surface area (Å²) < 4.78 is 8.57. The predicted molar refractivity (Wildman–Crippen MR) is 106 cm³/mol. The molecule has 124 valence electrons. The Morgan fingerprint density at radius 3 is 2.36 bits per heavy atom. The lowest BCUT2D eigenvalue weighted by Gasteiger charge is -2.19. The first-order chi connectivity index (χ1) is 11.9. The minimum Gasteiger partial charge on any atom is -0.455 e. The van der Waals surface area contributed by atoms with E-state index in [-0.39, 0.29) is 5.41 Å². The van der Waals surface area contributed by atoms with Crippen molar-refractivity contribution in [3.8, 4) is 0 Å². The molecular weight excluding hydrogens is 306 g/mol. The third-order valence-corrected chi connectivity index (χ3v) is 5.38. The van der Waals surface area contributed by atoms with Crippen LogP contribution in [0.15, 0.2) is 59.0 Å². The van der Waals surface area contributed by atoms with Crippen molar-refractivity contribution in [1.82, 2.24) is 4.57 Å². The van der Waals surface area contributed by atoms with E-state index in [1.54, 1.807) is 0 Å². The van der Waals surface area contributed by atoms with Crippen molar-refractivity contribution < 1.29 is 4.42 Å². The Hall–Kier alpha value is -2.74. The summed E-state index contributed by atoms with van der Waals surface area (Å²) in [4.78, 5) is 0. The number of hydrogen-bond acceptors (Lipinski definition) is 1. The van der Waals surface area contributed by atoms with Gasteiger partial charge < -0.3 is 8.98 Å². The molecule has 3 aromatic carbocycles. The summed E-state index contributed by atoms with van der Waals surface area (Å²) >= 11 is 0. The molecule has 0 amide bonds. The summed E-state index contributed by atoms with van der Waals surface area (Å²) in [6, 6.07) is 19.5. The monoisotopic (exact) mass is 327 g/mol. The molecule has 0 saturated carbocycles. The zero-order chi connectivity index (χ0) is 17.3. The molecule has 0 unspecified atom stereocenters.